The third-order valence-electron chi connectivity index (χ3n) is 5.96. The zero-order valence-electron chi connectivity index (χ0n) is 19.7. The number of nitrogens with one attached hydrogen (secondary N) is 1. The third kappa shape index (κ3) is 4.79. The molecule has 5 rings (SSSR count). The molecule has 0 unspecified atom stereocenters. The summed E-state index contributed by atoms with van der Waals surface area (Å²) in [5.74, 6) is 0. The molecular formula is C28H20F3N5O2. The van der Waals surface area contributed by atoms with Gasteiger partial charge in [-0.3, -0.25) is 4.90 Å². The van der Waals surface area contributed by atoms with Gasteiger partial charge in [-0.25, -0.2) is 19.4 Å². The van der Waals surface area contributed by atoms with E-state index >= 15 is 0 Å². The highest BCUT2D eigenvalue weighted by molar-refractivity contribution is 6.01. The van der Waals surface area contributed by atoms with Gasteiger partial charge in [0.05, 0.1) is 22.6 Å². The molecule has 0 radical (unpaired) electrons. The largest absolute Gasteiger partial charge is 0.416 e. The molecule has 0 fully saturated rings. The monoisotopic (exact) mass is 515 g/mol. The average molecular weight is 515 g/mol. The summed E-state index contributed by atoms with van der Waals surface area (Å²) in [6, 6.07) is 25.7. The van der Waals surface area contributed by atoms with E-state index in [1.54, 1.807) is 18.2 Å². The number of nitrogens with two attached hydrogens (primary N) is 1. The van der Waals surface area contributed by atoms with Gasteiger partial charge >= 0.3 is 17.9 Å². The van der Waals surface area contributed by atoms with Crippen molar-refractivity contribution < 1.29 is 18.0 Å². The lowest BCUT2D eigenvalue weighted by atomic mass is 9.94. The summed E-state index contributed by atoms with van der Waals surface area (Å²) in [4.78, 5) is 29.1. The highest BCUT2D eigenvalue weighted by Gasteiger charge is 2.32. The highest BCUT2D eigenvalue weighted by Crippen LogP contribution is 2.39. The second kappa shape index (κ2) is 9.74. The lowest BCUT2D eigenvalue weighted by Crippen LogP contribution is -2.32. The van der Waals surface area contributed by atoms with E-state index in [4.69, 9.17) is 5.73 Å². The molecule has 7 nitrogen and oxygen atoms in total. The fraction of sp³-hybridized carbons (Fsp3) is 0.0357. The minimum Gasteiger partial charge on any atom is -0.351 e. The Morgan fingerprint density at radius 1 is 0.842 bits per heavy atom. The van der Waals surface area contributed by atoms with Gasteiger partial charge in [0.15, 0.2) is 0 Å². The number of carbonyl (C=O) groups is 1. The van der Waals surface area contributed by atoms with Gasteiger partial charge in [-0.15, -0.1) is 0 Å². The molecule has 10 heteroatoms. The quantitative estimate of drug-likeness (QED) is 0.295. The van der Waals surface area contributed by atoms with Gasteiger partial charge < -0.3 is 5.73 Å². The summed E-state index contributed by atoms with van der Waals surface area (Å²) in [5.41, 5.74) is 7.93. The predicted octanol–water partition coefficient (Wildman–Crippen LogP) is 6.13. The summed E-state index contributed by atoms with van der Waals surface area (Å²) in [6.07, 6.45) is -3.40. The first kappa shape index (κ1) is 24.6. The van der Waals surface area contributed by atoms with E-state index in [-0.39, 0.29) is 17.1 Å². The number of rotatable bonds is 5. The first-order valence-electron chi connectivity index (χ1n) is 11.4. The number of aromatic nitrogens is 3. The van der Waals surface area contributed by atoms with Crippen molar-refractivity contribution in [2.75, 3.05) is 4.90 Å². The highest BCUT2D eigenvalue weighted by atomic mass is 19.4. The Labute approximate surface area is 214 Å². The molecule has 5 aromatic rings. The molecule has 4 aromatic carbocycles. The molecule has 0 aliphatic rings. The second-order valence-corrected chi connectivity index (χ2v) is 8.37. The van der Waals surface area contributed by atoms with E-state index in [2.05, 4.69) is 10.1 Å². The zero-order valence-corrected chi connectivity index (χ0v) is 19.7. The topological polar surface area (TPSA) is 97.0 Å². The van der Waals surface area contributed by atoms with Crippen molar-refractivity contribution in [2.45, 2.75) is 6.18 Å². The van der Waals surface area contributed by atoms with Gasteiger partial charge in [-0.2, -0.15) is 18.2 Å². The summed E-state index contributed by atoms with van der Waals surface area (Å²) in [6.45, 7) is 0. The minimum absolute atomic E-state index is 0.0894. The minimum atomic E-state index is -4.62. The van der Waals surface area contributed by atoms with Crippen LogP contribution in [0.1, 0.15) is 5.56 Å². The second-order valence-electron chi connectivity index (χ2n) is 8.37. The summed E-state index contributed by atoms with van der Waals surface area (Å²) in [7, 11) is 0. The van der Waals surface area contributed by atoms with Crippen LogP contribution in [0.3, 0.4) is 0 Å². The SMILES string of the molecule is NC(=O)N(c1cccc(C(F)(F)F)c1)c1ccc(-c2ccccc2-c2ccccc2)cc1-n1cnc(=O)[nH]1. The number of nitrogens with zero attached hydrogens (tertiary/aromatic N) is 3. The Balaban J connectivity index is 1.71. The fourth-order valence-electron chi connectivity index (χ4n) is 4.28. The first-order chi connectivity index (χ1) is 18.2. The maximum Gasteiger partial charge on any atom is 0.416 e. The molecule has 0 atom stereocenters. The van der Waals surface area contributed by atoms with Gasteiger partial charge in [-0.1, -0.05) is 66.7 Å². The summed E-state index contributed by atoms with van der Waals surface area (Å²) in [5, 5.41) is 2.53. The molecule has 1 heterocycles. The van der Waals surface area contributed by atoms with Crippen LogP contribution >= 0.6 is 0 Å². The van der Waals surface area contributed by atoms with Crippen molar-refractivity contribution >= 4 is 17.4 Å². The van der Waals surface area contributed by atoms with Gasteiger partial charge in [-0.05, 0) is 52.6 Å². The van der Waals surface area contributed by atoms with Gasteiger partial charge in [0.1, 0.15) is 6.33 Å². The maximum atomic E-state index is 13.4. The Morgan fingerprint density at radius 3 is 2.16 bits per heavy atom. The van der Waals surface area contributed by atoms with Crippen LogP contribution in [0.15, 0.2) is 108 Å². The average Bonchev–Trinajstić information content (AvgIpc) is 3.35. The first-order valence-corrected chi connectivity index (χ1v) is 11.4. The molecule has 0 bridgehead atoms. The number of alkyl halides is 3. The fourth-order valence-corrected chi connectivity index (χ4v) is 4.28. The molecule has 1 aromatic heterocycles. The number of benzene rings is 4. The van der Waals surface area contributed by atoms with E-state index in [9.17, 15) is 22.8 Å². The summed E-state index contributed by atoms with van der Waals surface area (Å²) >= 11 is 0. The molecule has 190 valence electrons. The molecule has 38 heavy (non-hydrogen) atoms. The standard InChI is InChI=1S/C28H20F3N5O2/c29-28(30,31)20-9-6-10-21(16-20)36(26(32)37)24-14-13-19(15-25(24)35-17-33-27(38)34-35)23-12-5-4-11-22(23)18-7-2-1-3-8-18/h1-17H,(H2,32,37)(H,34,38). The van der Waals surface area contributed by atoms with Crippen LogP contribution in [0.4, 0.5) is 29.3 Å². The zero-order chi connectivity index (χ0) is 26.9. The number of hydrogen-bond donors (Lipinski definition) is 2. The van der Waals surface area contributed by atoms with E-state index in [0.29, 0.717) is 0 Å². The van der Waals surface area contributed by atoms with Gasteiger partial charge in [0, 0.05) is 0 Å². The Hall–Kier alpha value is -5.12. The lowest BCUT2D eigenvalue weighted by molar-refractivity contribution is -0.137. The van der Waals surface area contributed by atoms with Crippen LogP contribution in [-0.4, -0.2) is 20.8 Å². The lowest BCUT2D eigenvalue weighted by Gasteiger charge is -2.25. The van der Waals surface area contributed by atoms with E-state index in [1.807, 2.05) is 54.6 Å². The van der Waals surface area contributed by atoms with Crippen LogP contribution in [-0.2, 0) is 6.18 Å². The molecule has 0 saturated heterocycles. The number of aromatic amines is 1. The van der Waals surface area contributed by atoms with E-state index < -0.39 is 23.5 Å². The molecule has 0 aliphatic heterocycles. The van der Waals surface area contributed by atoms with Crippen molar-refractivity contribution in [2.24, 2.45) is 5.73 Å². The normalized spacial score (nSPS) is 11.3. The van der Waals surface area contributed by atoms with Crippen molar-refractivity contribution in [3.63, 3.8) is 0 Å². The molecule has 0 aliphatic carbocycles. The van der Waals surface area contributed by atoms with Crippen molar-refractivity contribution in [1.29, 1.82) is 0 Å². The number of urea groups is 1. The molecule has 2 amide bonds. The molecular weight excluding hydrogens is 495 g/mol. The number of halogens is 3. The number of hydrogen-bond acceptors (Lipinski definition) is 3. The molecule has 0 spiro atoms. The Kier molecular flexibility index (Phi) is 6.29. The van der Waals surface area contributed by atoms with E-state index in [1.165, 1.54) is 23.1 Å². The Morgan fingerprint density at radius 2 is 1.53 bits per heavy atom. The van der Waals surface area contributed by atoms with Crippen LogP contribution in [0.25, 0.3) is 27.9 Å². The van der Waals surface area contributed by atoms with Gasteiger partial charge in [0.25, 0.3) is 0 Å². The third-order valence-corrected chi connectivity index (χ3v) is 5.96. The smallest absolute Gasteiger partial charge is 0.351 e. The van der Waals surface area contributed by atoms with Crippen LogP contribution < -0.4 is 16.3 Å². The Bertz CT molecular complexity index is 1680. The number of carbonyl (C=O) groups excluding carboxylic acids is 1. The molecule has 0 saturated carbocycles. The van der Waals surface area contributed by atoms with Crippen LogP contribution in [0, 0.1) is 0 Å². The van der Waals surface area contributed by atoms with Crippen molar-refractivity contribution in [3.8, 4) is 27.9 Å². The predicted molar refractivity (Wildman–Crippen MR) is 138 cm³/mol. The van der Waals surface area contributed by atoms with Crippen molar-refractivity contribution in [3.05, 3.63) is 119 Å². The number of H-pyrrole nitrogens is 1. The van der Waals surface area contributed by atoms with Crippen molar-refractivity contribution in [1.82, 2.24) is 14.8 Å². The van der Waals surface area contributed by atoms with Gasteiger partial charge in [0.2, 0.25) is 0 Å². The van der Waals surface area contributed by atoms with Crippen LogP contribution in [0.2, 0.25) is 0 Å². The summed E-state index contributed by atoms with van der Waals surface area (Å²) < 4.78 is 41.5. The number of primary amides is 1. The van der Waals surface area contributed by atoms with E-state index in [0.717, 1.165) is 39.3 Å². The maximum absolute atomic E-state index is 13.4. The number of amides is 2. The van der Waals surface area contributed by atoms with Crippen LogP contribution in [0.5, 0.6) is 0 Å². The number of anilines is 2. The molecule has 3 N–H and O–H groups in total.